The van der Waals surface area contributed by atoms with Gasteiger partial charge in [0.1, 0.15) is 0 Å². The minimum Gasteiger partial charge on any atom is -0.633 e. The Labute approximate surface area is 62.0 Å². The molecule has 0 aliphatic carbocycles. The van der Waals surface area contributed by atoms with Crippen LogP contribution in [0.25, 0.3) is 0 Å². The lowest BCUT2D eigenvalue weighted by molar-refractivity contribution is -0.883. The van der Waals surface area contributed by atoms with Crippen LogP contribution in [0.4, 0.5) is 0 Å². The molecule has 0 aromatic rings. The van der Waals surface area contributed by atoms with E-state index >= 15 is 0 Å². The molecule has 0 saturated carbocycles. The zero-order valence-electron chi connectivity index (χ0n) is 6.38. The summed E-state index contributed by atoms with van der Waals surface area (Å²) in [6.07, 6.45) is 4.89. The van der Waals surface area contributed by atoms with Crippen molar-refractivity contribution < 1.29 is 4.65 Å². The number of rotatable bonds is 0. The van der Waals surface area contributed by atoms with Crippen LogP contribution in [0.2, 0.25) is 0 Å². The molecular formula is C8H15NO. The Morgan fingerprint density at radius 1 is 1.00 bits per heavy atom. The summed E-state index contributed by atoms with van der Waals surface area (Å²) in [5, 5.41) is 11.7. The van der Waals surface area contributed by atoms with E-state index in [-0.39, 0.29) is 4.65 Å². The number of nitrogens with zero attached hydrogens (tertiary/aromatic N) is 1. The lowest BCUT2D eigenvalue weighted by atomic mass is 9.95. The predicted molar refractivity (Wildman–Crippen MR) is 40.2 cm³/mol. The van der Waals surface area contributed by atoms with Gasteiger partial charge in [-0.2, -0.15) is 0 Å². The molecule has 10 heavy (non-hydrogen) atoms. The van der Waals surface area contributed by atoms with Crippen molar-refractivity contribution in [3.63, 3.8) is 0 Å². The van der Waals surface area contributed by atoms with Gasteiger partial charge in [0.05, 0.1) is 19.6 Å². The summed E-state index contributed by atoms with van der Waals surface area (Å²) in [6, 6.07) is 0. The van der Waals surface area contributed by atoms with Gasteiger partial charge in [-0.1, -0.05) is 0 Å². The van der Waals surface area contributed by atoms with E-state index in [1.807, 2.05) is 0 Å². The van der Waals surface area contributed by atoms with Gasteiger partial charge in [0, 0.05) is 0 Å². The molecule has 0 unspecified atom stereocenters. The normalized spacial score (nSPS) is 47.1. The van der Waals surface area contributed by atoms with E-state index < -0.39 is 0 Å². The Morgan fingerprint density at radius 3 is 2.40 bits per heavy atom. The smallest absolute Gasteiger partial charge is 0.0786 e. The molecule has 2 bridgehead atoms. The van der Waals surface area contributed by atoms with Gasteiger partial charge in [0.15, 0.2) is 0 Å². The van der Waals surface area contributed by atoms with E-state index in [4.69, 9.17) is 0 Å². The van der Waals surface area contributed by atoms with E-state index in [9.17, 15) is 5.21 Å². The van der Waals surface area contributed by atoms with Gasteiger partial charge in [-0.15, -0.1) is 0 Å². The highest BCUT2D eigenvalue weighted by atomic mass is 16.5. The van der Waals surface area contributed by atoms with E-state index in [1.54, 1.807) is 0 Å². The van der Waals surface area contributed by atoms with Crippen LogP contribution < -0.4 is 0 Å². The number of hydrogen-bond acceptors (Lipinski definition) is 1. The minimum absolute atomic E-state index is 0.135. The summed E-state index contributed by atoms with van der Waals surface area (Å²) in [5.74, 6) is 0.905. The first kappa shape index (κ1) is 6.62. The fraction of sp³-hybridized carbons (Fsp3) is 1.00. The van der Waals surface area contributed by atoms with E-state index in [0.717, 1.165) is 25.6 Å². The van der Waals surface area contributed by atoms with Crippen molar-refractivity contribution in [1.29, 1.82) is 0 Å². The van der Waals surface area contributed by atoms with Crippen LogP contribution in [0.5, 0.6) is 0 Å². The second-order valence-corrected chi connectivity index (χ2v) is 3.81. The molecule has 3 aliphatic heterocycles. The Balaban J connectivity index is 2.11. The van der Waals surface area contributed by atoms with Crippen molar-refractivity contribution in [3.05, 3.63) is 5.21 Å². The van der Waals surface area contributed by atoms with Gasteiger partial charge in [-0.25, -0.2) is 0 Å². The monoisotopic (exact) mass is 141 g/mol. The number of quaternary nitrogens is 1. The van der Waals surface area contributed by atoms with Gasteiger partial charge >= 0.3 is 0 Å². The first-order valence-electron chi connectivity index (χ1n) is 4.36. The third-order valence-electron chi connectivity index (χ3n) is 3.07. The molecule has 0 spiro atoms. The molecule has 0 aromatic heterocycles. The van der Waals surface area contributed by atoms with E-state index in [0.29, 0.717) is 0 Å². The van der Waals surface area contributed by atoms with Gasteiger partial charge in [0.25, 0.3) is 0 Å². The Hall–Kier alpha value is -0.0800. The van der Waals surface area contributed by atoms with E-state index in [2.05, 4.69) is 0 Å². The molecule has 2 nitrogen and oxygen atoms in total. The summed E-state index contributed by atoms with van der Waals surface area (Å²) in [4.78, 5) is 0. The van der Waals surface area contributed by atoms with Crippen molar-refractivity contribution in [3.8, 4) is 0 Å². The second kappa shape index (κ2) is 2.21. The summed E-state index contributed by atoms with van der Waals surface area (Å²) in [5.41, 5.74) is 0. The summed E-state index contributed by atoms with van der Waals surface area (Å²) < 4.78 is 0.135. The highest BCUT2D eigenvalue weighted by Gasteiger charge is 2.30. The van der Waals surface area contributed by atoms with Crippen molar-refractivity contribution in [2.75, 3.05) is 19.6 Å². The van der Waals surface area contributed by atoms with Gasteiger partial charge in [-0.05, 0) is 31.6 Å². The molecule has 0 atom stereocenters. The minimum atomic E-state index is 0.135. The van der Waals surface area contributed by atoms with Crippen molar-refractivity contribution >= 4 is 0 Å². The fourth-order valence-electron chi connectivity index (χ4n) is 2.27. The standard InChI is InChI=1S/C8H15NO/c10-9-5-1-2-8(3-6-9)4-7-9/h8H,1-7H2. The maximum Gasteiger partial charge on any atom is 0.0786 e. The lowest BCUT2D eigenvalue weighted by Gasteiger charge is -2.44. The maximum absolute atomic E-state index is 11.7. The molecule has 0 amide bonds. The van der Waals surface area contributed by atoms with Crippen LogP contribution in [0.15, 0.2) is 0 Å². The summed E-state index contributed by atoms with van der Waals surface area (Å²) in [6.45, 7) is 2.71. The number of hydroxylamine groups is 3. The zero-order chi connectivity index (χ0) is 7.03. The molecule has 0 N–H and O–H groups in total. The molecule has 2 heteroatoms. The highest BCUT2D eigenvalue weighted by Crippen LogP contribution is 2.30. The van der Waals surface area contributed by atoms with E-state index in [1.165, 1.54) is 25.7 Å². The van der Waals surface area contributed by atoms with Crippen molar-refractivity contribution in [2.45, 2.75) is 25.7 Å². The van der Waals surface area contributed by atoms with Crippen LogP contribution in [0.3, 0.4) is 0 Å². The van der Waals surface area contributed by atoms with Gasteiger partial charge in [0.2, 0.25) is 0 Å². The van der Waals surface area contributed by atoms with Gasteiger partial charge in [-0.3, -0.25) is 0 Å². The zero-order valence-corrected chi connectivity index (χ0v) is 6.38. The topological polar surface area (TPSA) is 23.1 Å². The third kappa shape index (κ3) is 1.06. The highest BCUT2D eigenvalue weighted by molar-refractivity contribution is 4.69. The Kier molecular flexibility index (Phi) is 1.46. The average Bonchev–Trinajstić information content (AvgIpc) is 2.19. The average molecular weight is 141 g/mol. The molecule has 0 aromatic carbocycles. The molecule has 3 aliphatic rings. The fourth-order valence-corrected chi connectivity index (χ4v) is 2.27. The Morgan fingerprint density at radius 2 is 1.70 bits per heavy atom. The van der Waals surface area contributed by atoms with Crippen LogP contribution in [0.1, 0.15) is 25.7 Å². The predicted octanol–water partition coefficient (Wildman–Crippen LogP) is 1.50. The van der Waals surface area contributed by atoms with Crippen LogP contribution in [0, 0.1) is 11.1 Å². The maximum atomic E-state index is 11.7. The quantitative estimate of drug-likeness (QED) is 0.370. The summed E-state index contributed by atoms with van der Waals surface area (Å²) in [7, 11) is 0. The largest absolute Gasteiger partial charge is 0.633 e. The van der Waals surface area contributed by atoms with Crippen LogP contribution in [-0.4, -0.2) is 24.3 Å². The Bertz CT molecular complexity index is 122. The third-order valence-corrected chi connectivity index (χ3v) is 3.07. The first-order valence-corrected chi connectivity index (χ1v) is 4.36. The lowest BCUT2D eigenvalue weighted by Crippen LogP contribution is -2.46. The number of hydrogen-bond donors (Lipinski definition) is 0. The summed E-state index contributed by atoms with van der Waals surface area (Å²) >= 11 is 0. The molecule has 0 radical (unpaired) electrons. The molecular weight excluding hydrogens is 126 g/mol. The SMILES string of the molecule is [O-][N+]12CCCC(CC1)CC2. The van der Waals surface area contributed by atoms with Crippen LogP contribution in [-0.2, 0) is 0 Å². The number of fused-ring (bicyclic) bond motifs is 4. The molecule has 3 rings (SSSR count). The molecule has 3 fully saturated rings. The molecule has 3 saturated heterocycles. The van der Waals surface area contributed by atoms with Gasteiger partial charge < -0.3 is 9.85 Å². The first-order chi connectivity index (χ1) is 4.79. The second-order valence-electron chi connectivity index (χ2n) is 3.81. The molecule has 58 valence electrons. The number of piperidine rings is 1. The van der Waals surface area contributed by atoms with Crippen molar-refractivity contribution in [1.82, 2.24) is 0 Å². The van der Waals surface area contributed by atoms with Crippen molar-refractivity contribution in [2.24, 2.45) is 5.92 Å². The molecule has 3 heterocycles. The van der Waals surface area contributed by atoms with Crippen LogP contribution >= 0.6 is 0 Å².